The average molecular weight is 338 g/mol. The molecule has 1 aliphatic rings. The van der Waals surface area contributed by atoms with Crippen LogP contribution < -0.4 is 5.32 Å². The molecule has 112 valence electrons. The van der Waals surface area contributed by atoms with Crippen LogP contribution in [0.4, 0.5) is 0 Å². The second-order valence-electron chi connectivity index (χ2n) is 6.10. The largest absolute Gasteiger partial charge is 0.313 e. The molecular formula is C18H28BrN. The number of hydrogen-bond donors (Lipinski definition) is 1. The molecule has 0 bridgehead atoms. The Balaban J connectivity index is 1.84. The van der Waals surface area contributed by atoms with Gasteiger partial charge in [-0.25, -0.2) is 0 Å². The molecule has 1 aromatic carbocycles. The molecular weight excluding hydrogens is 310 g/mol. The number of nitrogens with one attached hydrogen (secondary N) is 1. The Kier molecular flexibility index (Phi) is 7.09. The molecule has 1 aliphatic carbocycles. The maximum atomic E-state index is 3.73. The molecule has 0 heterocycles. The fourth-order valence-corrected chi connectivity index (χ4v) is 3.37. The van der Waals surface area contributed by atoms with Crippen molar-refractivity contribution in [3.05, 3.63) is 34.3 Å². The zero-order valence-electron chi connectivity index (χ0n) is 12.7. The van der Waals surface area contributed by atoms with Crippen LogP contribution in [0.3, 0.4) is 0 Å². The van der Waals surface area contributed by atoms with E-state index in [-0.39, 0.29) is 0 Å². The van der Waals surface area contributed by atoms with E-state index in [0.29, 0.717) is 5.92 Å². The number of benzene rings is 1. The van der Waals surface area contributed by atoms with Crippen molar-refractivity contribution in [3.63, 3.8) is 0 Å². The van der Waals surface area contributed by atoms with Gasteiger partial charge in [-0.05, 0) is 36.8 Å². The van der Waals surface area contributed by atoms with Crippen molar-refractivity contribution in [1.29, 1.82) is 0 Å². The minimum absolute atomic E-state index is 0.660. The highest BCUT2D eigenvalue weighted by Gasteiger charge is 2.22. The highest BCUT2D eigenvalue weighted by molar-refractivity contribution is 9.10. The van der Waals surface area contributed by atoms with Crippen LogP contribution in [0, 0.1) is 0 Å². The summed E-state index contributed by atoms with van der Waals surface area (Å²) in [5.74, 6) is 0.660. The Morgan fingerprint density at radius 2 is 1.90 bits per heavy atom. The number of hydrogen-bond acceptors (Lipinski definition) is 1. The lowest BCUT2D eigenvalue weighted by Crippen LogP contribution is -2.23. The van der Waals surface area contributed by atoms with Crippen LogP contribution in [0.25, 0.3) is 0 Å². The van der Waals surface area contributed by atoms with Gasteiger partial charge in [0.05, 0.1) is 0 Å². The zero-order chi connectivity index (χ0) is 14.2. The van der Waals surface area contributed by atoms with E-state index in [1.165, 1.54) is 61.4 Å². The van der Waals surface area contributed by atoms with E-state index in [0.717, 1.165) is 12.6 Å². The number of rotatable bonds is 10. The third kappa shape index (κ3) is 5.57. The molecule has 0 amide bonds. The zero-order valence-corrected chi connectivity index (χ0v) is 14.3. The van der Waals surface area contributed by atoms with Crippen LogP contribution in [0.15, 0.2) is 28.7 Å². The van der Waals surface area contributed by atoms with Gasteiger partial charge in [-0.3, -0.25) is 0 Å². The first-order valence-electron chi connectivity index (χ1n) is 8.29. The Morgan fingerprint density at radius 3 is 2.60 bits per heavy atom. The lowest BCUT2D eigenvalue weighted by molar-refractivity contribution is 0.507. The molecule has 0 saturated heterocycles. The summed E-state index contributed by atoms with van der Waals surface area (Å²) in [6.07, 6.45) is 10.9. The summed E-state index contributed by atoms with van der Waals surface area (Å²) in [7, 11) is 0. The first kappa shape index (κ1) is 16.0. The van der Waals surface area contributed by atoms with Gasteiger partial charge < -0.3 is 5.32 Å². The topological polar surface area (TPSA) is 12.0 Å². The molecule has 1 unspecified atom stereocenters. The van der Waals surface area contributed by atoms with Crippen LogP contribution in [-0.2, 0) is 0 Å². The van der Waals surface area contributed by atoms with Crippen molar-refractivity contribution in [2.24, 2.45) is 0 Å². The van der Waals surface area contributed by atoms with Crippen LogP contribution >= 0.6 is 15.9 Å². The number of halogens is 1. The van der Waals surface area contributed by atoms with E-state index in [1.54, 1.807) is 0 Å². The summed E-state index contributed by atoms with van der Waals surface area (Å²) in [4.78, 5) is 0. The first-order chi connectivity index (χ1) is 9.81. The van der Waals surface area contributed by atoms with Gasteiger partial charge in [-0.2, -0.15) is 0 Å². The lowest BCUT2D eigenvalue weighted by atomic mass is 9.92. The highest BCUT2D eigenvalue weighted by atomic mass is 79.9. The molecule has 0 radical (unpaired) electrons. The van der Waals surface area contributed by atoms with Crippen molar-refractivity contribution < 1.29 is 0 Å². The predicted molar refractivity (Wildman–Crippen MR) is 91.3 cm³/mol. The summed E-state index contributed by atoms with van der Waals surface area (Å²) in [6, 6.07) is 9.55. The minimum Gasteiger partial charge on any atom is -0.313 e. The lowest BCUT2D eigenvalue weighted by Gasteiger charge is -2.19. The molecule has 2 heteroatoms. The highest BCUT2D eigenvalue weighted by Crippen LogP contribution is 2.30. The summed E-state index contributed by atoms with van der Waals surface area (Å²) in [6.45, 7) is 3.42. The number of unbranched alkanes of at least 4 members (excludes halogenated alkanes) is 4. The molecule has 1 fully saturated rings. The molecule has 1 nitrogen and oxygen atoms in total. The van der Waals surface area contributed by atoms with Gasteiger partial charge in [0.1, 0.15) is 0 Å². The third-order valence-electron chi connectivity index (χ3n) is 4.23. The van der Waals surface area contributed by atoms with Crippen molar-refractivity contribution in [1.82, 2.24) is 5.32 Å². The monoisotopic (exact) mass is 337 g/mol. The summed E-state index contributed by atoms with van der Waals surface area (Å²) < 4.78 is 1.27. The van der Waals surface area contributed by atoms with Gasteiger partial charge in [0.2, 0.25) is 0 Å². The molecule has 1 atom stereocenters. The van der Waals surface area contributed by atoms with Crippen LogP contribution in [0.1, 0.15) is 69.8 Å². The van der Waals surface area contributed by atoms with Gasteiger partial charge >= 0.3 is 0 Å². The normalized spacial score (nSPS) is 16.3. The summed E-state index contributed by atoms with van der Waals surface area (Å²) in [5, 5.41) is 3.71. The Bertz CT molecular complexity index is 387. The van der Waals surface area contributed by atoms with Crippen LogP contribution in [0.5, 0.6) is 0 Å². The van der Waals surface area contributed by atoms with Crippen molar-refractivity contribution in [2.75, 3.05) is 6.54 Å². The fraction of sp³-hybridized carbons (Fsp3) is 0.667. The van der Waals surface area contributed by atoms with Crippen molar-refractivity contribution in [3.8, 4) is 0 Å². The summed E-state index contributed by atoms with van der Waals surface area (Å²) >= 11 is 3.73. The predicted octanol–water partition coefficient (Wildman–Crippen LogP) is 5.65. The quantitative estimate of drug-likeness (QED) is 0.544. The molecule has 0 aromatic heterocycles. The molecule has 1 N–H and O–H groups in total. The first-order valence-corrected chi connectivity index (χ1v) is 9.08. The van der Waals surface area contributed by atoms with Crippen LogP contribution in [-0.4, -0.2) is 12.6 Å². The van der Waals surface area contributed by atoms with E-state index in [4.69, 9.17) is 0 Å². The second kappa shape index (κ2) is 8.84. The van der Waals surface area contributed by atoms with E-state index in [2.05, 4.69) is 52.4 Å². The average Bonchev–Trinajstić information content (AvgIpc) is 3.27. The molecule has 2 rings (SSSR count). The Labute approximate surface area is 132 Å². The third-order valence-corrected chi connectivity index (χ3v) is 4.95. The SMILES string of the molecule is CCCCCCCC(CNC1CC1)c1ccccc1Br. The summed E-state index contributed by atoms with van der Waals surface area (Å²) in [5.41, 5.74) is 1.48. The van der Waals surface area contributed by atoms with Gasteiger partial charge in [-0.15, -0.1) is 0 Å². The Hall–Kier alpha value is -0.340. The van der Waals surface area contributed by atoms with E-state index < -0.39 is 0 Å². The van der Waals surface area contributed by atoms with Gasteiger partial charge in [0, 0.05) is 17.1 Å². The molecule has 0 spiro atoms. The van der Waals surface area contributed by atoms with Crippen molar-refractivity contribution in [2.45, 2.75) is 70.3 Å². The second-order valence-corrected chi connectivity index (χ2v) is 6.96. The molecule has 1 aromatic rings. The van der Waals surface area contributed by atoms with Crippen LogP contribution in [0.2, 0.25) is 0 Å². The smallest absolute Gasteiger partial charge is 0.0210 e. The Morgan fingerprint density at radius 1 is 1.15 bits per heavy atom. The fourth-order valence-electron chi connectivity index (χ4n) is 2.76. The van der Waals surface area contributed by atoms with Crippen molar-refractivity contribution >= 4 is 15.9 Å². The maximum Gasteiger partial charge on any atom is 0.0210 e. The molecule has 20 heavy (non-hydrogen) atoms. The minimum atomic E-state index is 0.660. The maximum absolute atomic E-state index is 3.73. The van der Waals surface area contributed by atoms with Gasteiger partial charge in [0.25, 0.3) is 0 Å². The van der Waals surface area contributed by atoms with E-state index in [9.17, 15) is 0 Å². The standard InChI is InChI=1S/C18H28BrN/c1-2-3-4-5-6-9-15(14-20-16-12-13-16)17-10-7-8-11-18(17)19/h7-8,10-11,15-16,20H,2-6,9,12-14H2,1H3. The molecule has 0 aliphatic heterocycles. The van der Waals surface area contributed by atoms with E-state index in [1.807, 2.05) is 0 Å². The molecule has 1 saturated carbocycles. The van der Waals surface area contributed by atoms with Gasteiger partial charge in [0.15, 0.2) is 0 Å². The van der Waals surface area contributed by atoms with E-state index >= 15 is 0 Å². The van der Waals surface area contributed by atoms with Gasteiger partial charge in [-0.1, -0.05) is 73.2 Å².